The maximum atomic E-state index is 12.7. The van der Waals surface area contributed by atoms with Crippen LogP contribution in [0.2, 0.25) is 0 Å². The average molecular weight is 319 g/mol. The third-order valence-electron chi connectivity index (χ3n) is 4.97. The Kier molecular flexibility index (Phi) is 4.97. The van der Waals surface area contributed by atoms with E-state index in [1.165, 1.54) is 24.8 Å². The van der Waals surface area contributed by atoms with Crippen molar-refractivity contribution >= 4 is 16.7 Å². The summed E-state index contributed by atoms with van der Waals surface area (Å²) >= 11 is 0. The molecule has 2 aliphatic rings. The van der Waals surface area contributed by atoms with Gasteiger partial charge in [-0.2, -0.15) is 0 Å². The van der Waals surface area contributed by atoms with Gasteiger partial charge in [-0.1, -0.05) is 37.0 Å². The third-order valence-corrected chi connectivity index (χ3v) is 6.69. The molecule has 1 saturated heterocycles. The van der Waals surface area contributed by atoms with Gasteiger partial charge in [0.1, 0.15) is 0 Å². The smallest absolute Gasteiger partial charge is 0.225 e. The molecule has 4 heteroatoms. The number of benzene rings is 1. The van der Waals surface area contributed by atoms with E-state index in [-0.39, 0.29) is 11.2 Å². The topological polar surface area (TPSA) is 37.4 Å². The summed E-state index contributed by atoms with van der Waals surface area (Å²) in [6, 6.07) is 7.92. The lowest BCUT2D eigenvalue weighted by molar-refractivity contribution is -0.135. The van der Waals surface area contributed by atoms with Gasteiger partial charge >= 0.3 is 0 Å². The van der Waals surface area contributed by atoms with E-state index in [1.807, 2.05) is 36.1 Å². The van der Waals surface area contributed by atoms with Crippen molar-refractivity contribution < 1.29 is 9.00 Å². The Labute approximate surface area is 135 Å². The van der Waals surface area contributed by atoms with Gasteiger partial charge < -0.3 is 4.90 Å². The number of nitrogens with zero attached hydrogens (tertiary/aromatic N) is 1. The first-order chi connectivity index (χ1) is 10.6. The number of carbonyl (C=O) groups is 1. The number of amides is 1. The summed E-state index contributed by atoms with van der Waals surface area (Å²) in [5.74, 6) is 0.531. The van der Waals surface area contributed by atoms with E-state index >= 15 is 0 Å². The summed E-state index contributed by atoms with van der Waals surface area (Å²) < 4.78 is 12.7. The van der Waals surface area contributed by atoms with Crippen molar-refractivity contribution in [3.63, 3.8) is 0 Å². The fourth-order valence-electron chi connectivity index (χ4n) is 3.58. The quantitative estimate of drug-likeness (QED) is 0.857. The molecule has 22 heavy (non-hydrogen) atoms. The Morgan fingerprint density at radius 2 is 1.77 bits per heavy atom. The van der Waals surface area contributed by atoms with E-state index in [4.69, 9.17) is 0 Å². The number of carbonyl (C=O) groups excluding carboxylic acids is 1. The fourth-order valence-corrected chi connectivity index (χ4v) is 5.00. The second-order valence-electron chi connectivity index (χ2n) is 6.64. The standard InChI is InChI=1S/C18H25NO2S/c1-14-7-9-16(10-8-14)22(21)17-11-12-19(13-17)18(20)15-5-3-2-4-6-15/h7-10,15,17H,2-6,11-13H2,1H3. The number of rotatable bonds is 3. The van der Waals surface area contributed by atoms with Gasteiger partial charge in [-0.05, 0) is 38.3 Å². The lowest BCUT2D eigenvalue weighted by Crippen LogP contribution is -2.36. The van der Waals surface area contributed by atoms with Gasteiger partial charge in [0.2, 0.25) is 5.91 Å². The van der Waals surface area contributed by atoms with Crippen LogP contribution in [0.3, 0.4) is 0 Å². The van der Waals surface area contributed by atoms with Crippen molar-refractivity contribution in [1.82, 2.24) is 4.90 Å². The van der Waals surface area contributed by atoms with E-state index in [0.29, 0.717) is 12.5 Å². The van der Waals surface area contributed by atoms with Crippen LogP contribution in [0.25, 0.3) is 0 Å². The zero-order valence-corrected chi connectivity index (χ0v) is 14.1. The third kappa shape index (κ3) is 3.43. The van der Waals surface area contributed by atoms with Crippen molar-refractivity contribution in [3.05, 3.63) is 29.8 Å². The van der Waals surface area contributed by atoms with Crippen LogP contribution in [0.15, 0.2) is 29.2 Å². The number of hydrogen-bond acceptors (Lipinski definition) is 2. The largest absolute Gasteiger partial charge is 0.341 e. The first kappa shape index (κ1) is 15.7. The van der Waals surface area contributed by atoms with Gasteiger partial charge in [-0.25, -0.2) is 0 Å². The molecule has 2 fully saturated rings. The molecule has 3 rings (SSSR count). The minimum Gasteiger partial charge on any atom is -0.341 e. The van der Waals surface area contributed by atoms with Gasteiger partial charge in [-0.3, -0.25) is 9.00 Å². The predicted octanol–water partition coefficient (Wildman–Crippen LogP) is 3.28. The highest BCUT2D eigenvalue weighted by atomic mass is 32.2. The number of likely N-dealkylation sites (tertiary alicyclic amines) is 1. The molecule has 2 atom stereocenters. The van der Waals surface area contributed by atoms with E-state index < -0.39 is 10.8 Å². The van der Waals surface area contributed by atoms with E-state index in [1.54, 1.807) is 0 Å². The van der Waals surface area contributed by atoms with Crippen LogP contribution in [0.1, 0.15) is 44.1 Å². The van der Waals surface area contributed by atoms with Gasteiger partial charge in [0, 0.05) is 23.9 Å². The van der Waals surface area contributed by atoms with Crippen molar-refractivity contribution in [2.75, 3.05) is 13.1 Å². The first-order valence-corrected chi connectivity index (χ1v) is 9.62. The fraction of sp³-hybridized carbons (Fsp3) is 0.611. The monoisotopic (exact) mass is 319 g/mol. The van der Waals surface area contributed by atoms with E-state index in [2.05, 4.69) is 0 Å². The first-order valence-electron chi connectivity index (χ1n) is 8.41. The van der Waals surface area contributed by atoms with Crippen molar-refractivity contribution in [2.45, 2.75) is 55.6 Å². The minimum atomic E-state index is -1.00. The van der Waals surface area contributed by atoms with Crippen molar-refractivity contribution in [3.8, 4) is 0 Å². The molecule has 2 unspecified atom stereocenters. The second kappa shape index (κ2) is 6.95. The zero-order valence-electron chi connectivity index (χ0n) is 13.3. The van der Waals surface area contributed by atoms with Gasteiger partial charge in [0.25, 0.3) is 0 Å². The molecule has 0 spiro atoms. The molecule has 3 nitrogen and oxygen atoms in total. The van der Waals surface area contributed by atoms with Gasteiger partial charge in [-0.15, -0.1) is 0 Å². The predicted molar refractivity (Wildman–Crippen MR) is 89.1 cm³/mol. The lowest BCUT2D eigenvalue weighted by atomic mass is 9.88. The molecule has 1 aliphatic heterocycles. The van der Waals surface area contributed by atoms with Crippen LogP contribution in [-0.4, -0.2) is 33.4 Å². The summed E-state index contributed by atoms with van der Waals surface area (Å²) in [5, 5.41) is 0.0928. The highest BCUT2D eigenvalue weighted by molar-refractivity contribution is 7.85. The Morgan fingerprint density at radius 1 is 1.09 bits per heavy atom. The van der Waals surface area contributed by atoms with Crippen LogP contribution in [0.5, 0.6) is 0 Å². The van der Waals surface area contributed by atoms with Crippen LogP contribution < -0.4 is 0 Å². The maximum absolute atomic E-state index is 12.7. The molecular formula is C18H25NO2S. The minimum absolute atomic E-state index is 0.0928. The zero-order chi connectivity index (χ0) is 15.5. The SMILES string of the molecule is Cc1ccc(S(=O)C2CCN(C(=O)C3CCCCC3)C2)cc1. The van der Waals surface area contributed by atoms with E-state index in [0.717, 1.165) is 30.7 Å². The van der Waals surface area contributed by atoms with Crippen LogP contribution in [0.4, 0.5) is 0 Å². The molecule has 1 aromatic rings. The van der Waals surface area contributed by atoms with Gasteiger partial charge in [0.05, 0.1) is 16.0 Å². The molecule has 120 valence electrons. The number of aryl methyl sites for hydroxylation is 1. The molecule has 1 amide bonds. The summed E-state index contributed by atoms with van der Waals surface area (Å²) in [6.07, 6.45) is 6.58. The van der Waals surface area contributed by atoms with Crippen LogP contribution >= 0.6 is 0 Å². The summed E-state index contributed by atoms with van der Waals surface area (Å²) in [4.78, 5) is 15.4. The van der Waals surface area contributed by atoms with Crippen molar-refractivity contribution in [2.24, 2.45) is 5.92 Å². The Morgan fingerprint density at radius 3 is 2.45 bits per heavy atom. The molecule has 1 aliphatic carbocycles. The molecule has 0 N–H and O–H groups in total. The normalized spacial score (nSPS) is 24.4. The summed E-state index contributed by atoms with van der Waals surface area (Å²) in [6.45, 7) is 3.47. The van der Waals surface area contributed by atoms with Crippen molar-refractivity contribution in [1.29, 1.82) is 0 Å². The van der Waals surface area contributed by atoms with Crippen LogP contribution in [0, 0.1) is 12.8 Å². The molecule has 1 saturated carbocycles. The Balaban J connectivity index is 1.60. The Hall–Kier alpha value is -1.16. The molecule has 1 heterocycles. The average Bonchev–Trinajstić information content (AvgIpc) is 3.05. The van der Waals surface area contributed by atoms with Crippen LogP contribution in [-0.2, 0) is 15.6 Å². The molecule has 1 aromatic carbocycles. The summed E-state index contributed by atoms with van der Waals surface area (Å²) in [7, 11) is -1.00. The molecule has 0 aromatic heterocycles. The second-order valence-corrected chi connectivity index (χ2v) is 8.37. The Bertz CT molecular complexity index is 549. The highest BCUT2D eigenvalue weighted by Crippen LogP contribution is 2.28. The van der Waals surface area contributed by atoms with E-state index in [9.17, 15) is 9.00 Å². The molecule has 0 bridgehead atoms. The maximum Gasteiger partial charge on any atom is 0.225 e. The summed E-state index contributed by atoms with van der Waals surface area (Å²) in [5.41, 5.74) is 1.18. The molecule has 0 radical (unpaired) electrons. The molecular weight excluding hydrogens is 294 g/mol. The lowest BCUT2D eigenvalue weighted by Gasteiger charge is -2.26. The number of hydrogen-bond donors (Lipinski definition) is 0. The highest BCUT2D eigenvalue weighted by Gasteiger charge is 2.34. The van der Waals surface area contributed by atoms with Gasteiger partial charge in [0.15, 0.2) is 0 Å².